The van der Waals surface area contributed by atoms with Crippen molar-refractivity contribution >= 4 is 5.91 Å². The van der Waals surface area contributed by atoms with E-state index in [1.807, 2.05) is 37.3 Å². The summed E-state index contributed by atoms with van der Waals surface area (Å²) in [6.45, 7) is 2.68. The van der Waals surface area contributed by atoms with Gasteiger partial charge in [0.1, 0.15) is 11.5 Å². The minimum absolute atomic E-state index is 0.0839. The van der Waals surface area contributed by atoms with E-state index in [0.29, 0.717) is 35.3 Å². The van der Waals surface area contributed by atoms with Gasteiger partial charge < -0.3 is 14.8 Å². The third kappa shape index (κ3) is 4.82. The van der Waals surface area contributed by atoms with E-state index in [1.165, 1.54) is 0 Å². The maximum Gasteiger partial charge on any atom is 0.251 e. The predicted molar refractivity (Wildman–Crippen MR) is 103 cm³/mol. The summed E-state index contributed by atoms with van der Waals surface area (Å²) in [5, 5.41) is 2.85. The third-order valence-electron chi connectivity index (χ3n) is 3.83. The second kappa shape index (κ2) is 8.80. The minimum Gasteiger partial charge on any atom is -0.497 e. The Balaban J connectivity index is 1.76. The van der Waals surface area contributed by atoms with Crippen molar-refractivity contribution < 1.29 is 14.3 Å². The minimum atomic E-state index is -0.0839. The van der Waals surface area contributed by atoms with Gasteiger partial charge in [0.2, 0.25) is 5.88 Å². The Morgan fingerprint density at radius 3 is 2.59 bits per heavy atom. The van der Waals surface area contributed by atoms with Gasteiger partial charge in [-0.05, 0) is 30.7 Å². The molecule has 1 heterocycles. The number of nitrogens with zero attached hydrogens (tertiary/aromatic N) is 2. The van der Waals surface area contributed by atoms with Crippen molar-refractivity contribution in [1.82, 2.24) is 15.3 Å². The van der Waals surface area contributed by atoms with Gasteiger partial charge >= 0.3 is 0 Å². The molecule has 2 aromatic carbocycles. The van der Waals surface area contributed by atoms with Crippen molar-refractivity contribution in [3.05, 3.63) is 66.4 Å². The molecule has 138 valence electrons. The van der Waals surface area contributed by atoms with Crippen molar-refractivity contribution in [2.75, 3.05) is 13.7 Å². The zero-order chi connectivity index (χ0) is 19.1. The summed E-state index contributed by atoms with van der Waals surface area (Å²) in [4.78, 5) is 20.7. The van der Waals surface area contributed by atoms with E-state index in [-0.39, 0.29) is 5.91 Å². The van der Waals surface area contributed by atoms with Crippen LogP contribution in [0, 0.1) is 0 Å². The van der Waals surface area contributed by atoms with Crippen LogP contribution in [0.3, 0.4) is 0 Å². The zero-order valence-corrected chi connectivity index (χ0v) is 15.3. The fraction of sp³-hybridized carbons (Fsp3) is 0.190. The topological polar surface area (TPSA) is 73.3 Å². The zero-order valence-electron chi connectivity index (χ0n) is 15.3. The molecule has 0 radical (unpaired) electrons. The molecule has 0 aliphatic carbocycles. The van der Waals surface area contributed by atoms with Gasteiger partial charge in [0.05, 0.1) is 7.11 Å². The van der Waals surface area contributed by atoms with Crippen molar-refractivity contribution in [1.29, 1.82) is 0 Å². The number of methoxy groups -OCH3 is 1. The molecule has 0 bridgehead atoms. The predicted octanol–water partition coefficient (Wildman–Crippen LogP) is 4.08. The van der Waals surface area contributed by atoms with Crippen LogP contribution in [0.4, 0.5) is 0 Å². The molecule has 0 saturated carbocycles. The van der Waals surface area contributed by atoms with E-state index in [4.69, 9.17) is 9.47 Å². The summed E-state index contributed by atoms with van der Waals surface area (Å²) in [6, 6.07) is 16.2. The molecule has 6 nitrogen and oxygen atoms in total. The Bertz CT molecular complexity index is 911. The Morgan fingerprint density at radius 1 is 1.07 bits per heavy atom. The van der Waals surface area contributed by atoms with Crippen LogP contribution in [0.5, 0.6) is 17.4 Å². The lowest BCUT2D eigenvalue weighted by Gasteiger charge is -2.08. The molecular formula is C21H21N3O3. The van der Waals surface area contributed by atoms with Gasteiger partial charge in [-0.1, -0.05) is 25.1 Å². The summed E-state index contributed by atoms with van der Waals surface area (Å²) >= 11 is 0. The van der Waals surface area contributed by atoms with Gasteiger partial charge in [-0.2, -0.15) is 4.98 Å². The van der Waals surface area contributed by atoms with Gasteiger partial charge in [-0.15, -0.1) is 0 Å². The van der Waals surface area contributed by atoms with Crippen LogP contribution >= 0.6 is 0 Å². The molecule has 0 fully saturated rings. The Labute approximate surface area is 158 Å². The largest absolute Gasteiger partial charge is 0.497 e. The van der Waals surface area contributed by atoms with Crippen LogP contribution in [-0.4, -0.2) is 29.5 Å². The molecular weight excluding hydrogens is 342 g/mol. The average Bonchev–Trinajstić information content (AvgIpc) is 2.72. The molecule has 0 unspecified atom stereocenters. The number of benzene rings is 2. The fourth-order valence-corrected chi connectivity index (χ4v) is 2.43. The summed E-state index contributed by atoms with van der Waals surface area (Å²) in [5.41, 5.74) is 1.41. The Kier molecular flexibility index (Phi) is 5.99. The molecule has 3 rings (SSSR count). The van der Waals surface area contributed by atoms with E-state index in [9.17, 15) is 4.79 Å². The SMILES string of the molecule is CCCNC(=O)c1ccc(-c2nccc(Oc3cccc(OC)c3)n2)cc1. The standard InChI is InChI=1S/C21H21N3O3/c1-3-12-23-21(25)16-9-7-15(8-10-16)20-22-13-11-19(24-20)27-18-6-4-5-17(14-18)26-2/h4-11,13-14H,3,12H2,1-2H3,(H,23,25). The first-order valence-electron chi connectivity index (χ1n) is 8.73. The molecule has 27 heavy (non-hydrogen) atoms. The van der Waals surface area contributed by atoms with Crippen molar-refractivity contribution in [2.45, 2.75) is 13.3 Å². The Morgan fingerprint density at radius 2 is 1.85 bits per heavy atom. The highest BCUT2D eigenvalue weighted by molar-refractivity contribution is 5.94. The van der Waals surface area contributed by atoms with Crippen LogP contribution < -0.4 is 14.8 Å². The highest BCUT2D eigenvalue weighted by Gasteiger charge is 2.08. The molecule has 1 amide bonds. The van der Waals surface area contributed by atoms with Gasteiger partial charge in [0, 0.05) is 36.0 Å². The molecule has 0 spiro atoms. The van der Waals surface area contributed by atoms with Crippen molar-refractivity contribution in [3.63, 3.8) is 0 Å². The summed E-state index contributed by atoms with van der Waals surface area (Å²) in [6.07, 6.45) is 2.54. The van der Waals surface area contributed by atoms with Gasteiger partial charge in [-0.25, -0.2) is 4.98 Å². The van der Waals surface area contributed by atoms with Gasteiger partial charge in [0.15, 0.2) is 5.82 Å². The quantitative estimate of drug-likeness (QED) is 0.684. The highest BCUT2D eigenvalue weighted by atomic mass is 16.5. The molecule has 0 aliphatic rings. The third-order valence-corrected chi connectivity index (χ3v) is 3.83. The number of nitrogens with one attached hydrogen (secondary N) is 1. The number of hydrogen-bond donors (Lipinski definition) is 1. The highest BCUT2D eigenvalue weighted by Crippen LogP contribution is 2.25. The lowest BCUT2D eigenvalue weighted by atomic mass is 10.1. The van der Waals surface area contributed by atoms with E-state index < -0.39 is 0 Å². The number of hydrogen-bond acceptors (Lipinski definition) is 5. The van der Waals surface area contributed by atoms with E-state index in [2.05, 4.69) is 15.3 Å². The van der Waals surface area contributed by atoms with E-state index >= 15 is 0 Å². The second-order valence-electron chi connectivity index (χ2n) is 5.83. The summed E-state index contributed by atoms with van der Waals surface area (Å²) < 4.78 is 11.0. The number of rotatable bonds is 7. The molecule has 1 N–H and O–H groups in total. The lowest BCUT2D eigenvalue weighted by molar-refractivity contribution is 0.0953. The number of carbonyl (C=O) groups excluding carboxylic acids is 1. The smallest absolute Gasteiger partial charge is 0.251 e. The van der Waals surface area contributed by atoms with Crippen LogP contribution in [0.25, 0.3) is 11.4 Å². The lowest BCUT2D eigenvalue weighted by Crippen LogP contribution is -2.23. The van der Waals surface area contributed by atoms with Crippen molar-refractivity contribution in [3.8, 4) is 28.8 Å². The van der Waals surface area contributed by atoms with Crippen LogP contribution in [-0.2, 0) is 0 Å². The normalized spacial score (nSPS) is 10.3. The van der Waals surface area contributed by atoms with Crippen LogP contribution in [0.15, 0.2) is 60.8 Å². The molecule has 6 heteroatoms. The summed E-state index contributed by atoms with van der Waals surface area (Å²) in [7, 11) is 1.61. The van der Waals surface area contributed by atoms with Gasteiger partial charge in [-0.3, -0.25) is 4.79 Å². The van der Waals surface area contributed by atoms with Crippen LogP contribution in [0.2, 0.25) is 0 Å². The van der Waals surface area contributed by atoms with E-state index in [0.717, 1.165) is 12.0 Å². The summed E-state index contributed by atoms with van der Waals surface area (Å²) in [5.74, 6) is 2.20. The number of ether oxygens (including phenoxy) is 2. The monoisotopic (exact) mass is 363 g/mol. The average molecular weight is 363 g/mol. The first kappa shape index (κ1) is 18.4. The van der Waals surface area contributed by atoms with Gasteiger partial charge in [0.25, 0.3) is 5.91 Å². The van der Waals surface area contributed by atoms with Crippen LogP contribution in [0.1, 0.15) is 23.7 Å². The molecule has 0 saturated heterocycles. The number of aromatic nitrogens is 2. The maximum atomic E-state index is 12.0. The Hall–Kier alpha value is -3.41. The molecule has 3 aromatic rings. The first-order valence-corrected chi connectivity index (χ1v) is 8.73. The number of carbonyl (C=O) groups is 1. The second-order valence-corrected chi connectivity index (χ2v) is 5.83. The molecule has 0 atom stereocenters. The molecule has 0 aliphatic heterocycles. The first-order chi connectivity index (χ1) is 13.2. The fourth-order valence-electron chi connectivity index (χ4n) is 2.43. The molecule has 1 aromatic heterocycles. The van der Waals surface area contributed by atoms with Crippen molar-refractivity contribution in [2.24, 2.45) is 0 Å². The maximum absolute atomic E-state index is 12.0. The van der Waals surface area contributed by atoms with E-state index in [1.54, 1.807) is 37.6 Å². The number of amides is 1.